The Bertz CT molecular complexity index is 1850. The van der Waals surface area contributed by atoms with E-state index in [1.807, 2.05) is 4.90 Å². The zero-order chi connectivity index (χ0) is 32.0. The third-order valence-corrected chi connectivity index (χ3v) is 11.0. The van der Waals surface area contributed by atoms with Gasteiger partial charge in [-0.1, -0.05) is 52.8 Å². The molecule has 8 rings (SSSR count). The number of aryl methyl sites for hydroxylation is 1. The molecule has 3 saturated heterocycles. The molecule has 10 heteroatoms. The van der Waals surface area contributed by atoms with Crippen LogP contribution in [0.5, 0.6) is 17.4 Å². The van der Waals surface area contributed by atoms with Gasteiger partial charge < -0.3 is 19.3 Å². The van der Waals surface area contributed by atoms with Crippen molar-refractivity contribution in [3.05, 3.63) is 95.9 Å². The summed E-state index contributed by atoms with van der Waals surface area (Å²) in [5.74, 6) is 1.71. The molecule has 5 aromatic rings. The van der Waals surface area contributed by atoms with E-state index in [9.17, 15) is 9.90 Å². The van der Waals surface area contributed by atoms with Crippen molar-refractivity contribution >= 4 is 16.9 Å². The number of hydrogen-bond acceptors (Lipinski definition) is 7. The maximum Gasteiger partial charge on any atom is 0.277 e. The predicted octanol–water partition coefficient (Wildman–Crippen LogP) is 6.39. The Morgan fingerprint density at radius 2 is 1.64 bits per heavy atom. The molecule has 1 amide bonds. The van der Waals surface area contributed by atoms with Crippen molar-refractivity contribution in [2.75, 3.05) is 19.6 Å². The summed E-state index contributed by atoms with van der Waals surface area (Å²) in [5, 5.41) is 20.2. The smallest absolute Gasteiger partial charge is 0.277 e. The SMILES string of the molecule is Cc1nc2ccccc2n1C1C[C@H]2CC[C@@H](C1)N2CCC1(c2ccccc2)CCN(C(=O)c2[nH]nnc2Oc2ccc(O)cc2)CC1. The molecule has 0 radical (unpaired) electrons. The number of likely N-dealkylation sites (tertiary alicyclic amines) is 1. The minimum atomic E-state index is -0.159. The van der Waals surface area contributed by atoms with Crippen LogP contribution >= 0.6 is 0 Å². The van der Waals surface area contributed by atoms with E-state index < -0.39 is 0 Å². The summed E-state index contributed by atoms with van der Waals surface area (Å²) < 4.78 is 8.35. The summed E-state index contributed by atoms with van der Waals surface area (Å²) in [7, 11) is 0. The van der Waals surface area contributed by atoms with Gasteiger partial charge in [0.2, 0.25) is 0 Å². The first kappa shape index (κ1) is 29.7. The van der Waals surface area contributed by atoms with Crippen LogP contribution in [0, 0.1) is 6.92 Å². The third kappa shape index (κ3) is 5.54. The van der Waals surface area contributed by atoms with Crippen molar-refractivity contribution in [2.45, 2.75) is 75.4 Å². The number of aromatic nitrogens is 5. The fourth-order valence-corrected chi connectivity index (χ4v) is 8.62. The number of rotatable bonds is 8. The number of nitrogens with zero attached hydrogens (tertiary/aromatic N) is 6. The highest BCUT2D eigenvalue weighted by molar-refractivity contribution is 5.94. The maximum atomic E-state index is 13.7. The molecule has 3 fully saturated rings. The zero-order valence-corrected chi connectivity index (χ0v) is 26.8. The van der Waals surface area contributed by atoms with Gasteiger partial charge >= 0.3 is 0 Å². The number of phenolic OH excluding ortho intramolecular Hbond substituents is 1. The second kappa shape index (κ2) is 12.2. The molecule has 0 saturated carbocycles. The second-order valence-corrected chi connectivity index (χ2v) is 13.5. The van der Waals surface area contributed by atoms with Crippen molar-refractivity contribution in [3.63, 3.8) is 0 Å². The van der Waals surface area contributed by atoms with Gasteiger partial charge in [0.1, 0.15) is 17.3 Å². The monoisotopic (exact) mass is 631 g/mol. The van der Waals surface area contributed by atoms with Crippen LogP contribution in [0.25, 0.3) is 11.0 Å². The number of carbonyl (C=O) groups excluding carboxylic acids is 1. The van der Waals surface area contributed by atoms with Gasteiger partial charge in [0.05, 0.1) is 11.0 Å². The molecule has 2 bridgehead atoms. The molecule has 3 aliphatic heterocycles. The Labute approximate surface area is 274 Å². The number of nitrogens with one attached hydrogen (secondary N) is 1. The Morgan fingerprint density at radius 3 is 2.38 bits per heavy atom. The molecule has 3 atom stereocenters. The van der Waals surface area contributed by atoms with E-state index in [0.29, 0.717) is 37.0 Å². The van der Waals surface area contributed by atoms with E-state index in [-0.39, 0.29) is 28.6 Å². The highest BCUT2D eigenvalue weighted by Gasteiger charge is 2.44. The first-order chi connectivity index (χ1) is 23.0. The van der Waals surface area contributed by atoms with Crippen LogP contribution < -0.4 is 4.74 Å². The Kier molecular flexibility index (Phi) is 7.67. The number of phenols is 1. The molecule has 5 heterocycles. The summed E-state index contributed by atoms with van der Waals surface area (Å²) in [6.07, 6.45) is 7.73. The average Bonchev–Trinajstić information content (AvgIpc) is 3.77. The first-order valence-corrected chi connectivity index (χ1v) is 16.9. The summed E-state index contributed by atoms with van der Waals surface area (Å²) in [6.45, 7) is 4.52. The molecule has 2 aromatic heterocycles. The predicted molar refractivity (Wildman–Crippen MR) is 179 cm³/mol. The van der Waals surface area contributed by atoms with E-state index in [2.05, 4.69) is 86.4 Å². The number of H-pyrrole nitrogens is 1. The standard InChI is InChI=1S/C37H41N7O3/c1-25-38-32-9-5-6-10-33(32)44(25)29-23-27-11-12-28(24-29)43(27)22-19-37(26-7-3-2-4-8-26)17-20-42(21-18-37)36(46)34-35(40-41-39-34)47-31-15-13-30(45)14-16-31/h2-10,13-16,27-29,45H,11-12,17-24H2,1H3,(H,39,40,41)/t27-,28+,29?. The highest BCUT2D eigenvalue weighted by Crippen LogP contribution is 2.45. The number of para-hydroxylation sites is 2. The number of hydrogen-bond donors (Lipinski definition) is 2. The minimum absolute atomic E-state index is 0.00305. The van der Waals surface area contributed by atoms with Crippen LogP contribution in [0.1, 0.15) is 72.9 Å². The maximum absolute atomic E-state index is 13.7. The number of piperidine rings is 2. The fraction of sp³-hybridized carbons (Fsp3) is 0.405. The van der Waals surface area contributed by atoms with Crippen LogP contribution in [0.4, 0.5) is 0 Å². The molecule has 0 aliphatic carbocycles. The first-order valence-electron chi connectivity index (χ1n) is 16.9. The quantitative estimate of drug-likeness (QED) is 0.204. The highest BCUT2D eigenvalue weighted by atomic mass is 16.5. The lowest BCUT2D eigenvalue weighted by molar-refractivity contribution is 0.0600. The number of ether oxygens (including phenoxy) is 1. The third-order valence-electron chi connectivity index (χ3n) is 11.0. The second-order valence-electron chi connectivity index (χ2n) is 13.5. The number of aromatic hydroxyl groups is 1. The van der Waals surface area contributed by atoms with Gasteiger partial charge in [-0.25, -0.2) is 10.1 Å². The molecular formula is C37H41N7O3. The van der Waals surface area contributed by atoms with Gasteiger partial charge in [-0.3, -0.25) is 9.69 Å². The Morgan fingerprint density at radius 1 is 0.936 bits per heavy atom. The molecule has 1 unspecified atom stereocenters. The lowest BCUT2D eigenvalue weighted by Gasteiger charge is -2.45. The van der Waals surface area contributed by atoms with Gasteiger partial charge in [-0.2, -0.15) is 0 Å². The largest absolute Gasteiger partial charge is 0.508 e. The number of imidazole rings is 1. The Balaban J connectivity index is 0.957. The van der Waals surface area contributed by atoms with E-state index in [1.165, 1.54) is 48.9 Å². The van der Waals surface area contributed by atoms with Crippen LogP contribution in [0.2, 0.25) is 0 Å². The molecular weight excluding hydrogens is 590 g/mol. The molecule has 10 nitrogen and oxygen atoms in total. The summed E-state index contributed by atoms with van der Waals surface area (Å²) >= 11 is 0. The number of fused-ring (bicyclic) bond motifs is 3. The van der Waals surface area contributed by atoms with Gasteiger partial charge in [-0.05, 0) is 106 Å². The molecule has 0 spiro atoms. The Hall–Kier alpha value is -4.70. The van der Waals surface area contributed by atoms with Crippen molar-refractivity contribution in [3.8, 4) is 17.4 Å². The fourth-order valence-electron chi connectivity index (χ4n) is 8.62. The summed E-state index contributed by atoms with van der Waals surface area (Å²) in [6, 6.07) is 27.5. The number of aromatic amines is 1. The summed E-state index contributed by atoms with van der Waals surface area (Å²) in [5.41, 5.74) is 3.97. The summed E-state index contributed by atoms with van der Waals surface area (Å²) in [4.78, 5) is 23.3. The van der Waals surface area contributed by atoms with Crippen LogP contribution in [0.15, 0.2) is 78.9 Å². The van der Waals surface area contributed by atoms with Crippen molar-refractivity contribution in [1.29, 1.82) is 0 Å². The molecule has 47 heavy (non-hydrogen) atoms. The molecule has 3 aliphatic rings. The minimum Gasteiger partial charge on any atom is -0.508 e. The normalized spacial score (nSPS) is 22.5. The van der Waals surface area contributed by atoms with E-state index >= 15 is 0 Å². The van der Waals surface area contributed by atoms with Crippen molar-refractivity contribution < 1.29 is 14.6 Å². The number of benzene rings is 3. The molecule has 3 aromatic carbocycles. The molecule has 242 valence electrons. The molecule has 2 N–H and O–H groups in total. The van der Waals surface area contributed by atoms with Crippen molar-refractivity contribution in [2.24, 2.45) is 0 Å². The van der Waals surface area contributed by atoms with Crippen molar-refractivity contribution in [1.82, 2.24) is 34.8 Å². The number of carbonyl (C=O) groups is 1. The van der Waals surface area contributed by atoms with Gasteiger partial charge in [0.25, 0.3) is 11.8 Å². The van der Waals surface area contributed by atoms with Crippen LogP contribution in [0.3, 0.4) is 0 Å². The lowest BCUT2D eigenvalue weighted by Crippen LogP contribution is -2.49. The topological polar surface area (TPSA) is 112 Å². The van der Waals surface area contributed by atoms with E-state index in [0.717, 1.165) is 37.1 Å². The van der Waals surface area contributed by atoms with Gasteiger partial charge in [0, 0.05) is 31.2 Å². The van der Waals surface area contributed by atoms with Crippen LogP contribution in [-0.4, -0.2) is 77.5 Å². The average molecular weight is 632 g/mol. The van der Waals surface area contributed by atoms with E-state index in [4.69, 9.17) is 9.72 Å². The lowest BCUT2D eigenvalue weighted by atomic mass is 9.70. The number of amides is 1. The van der Waals surface area contributed by atoms with Gasteiger partial charge in [0.15, 0.2) is 5.69 Å². The van der Waals surface area contributed by atoms with E-state index in [1.54, 1.807) is 12.1 Å². The van der Waals surface area contributed by atoms with Gasteiger partial charge in [-0.15, -0.1) is 0 Å². The zero-order valence-electron chi connectivity index (χ0n) is 26.8. The van der Waals surface area contributed by atoms with Crippen LogP contribution in [-0.2, 0) is 5.41 Å².